The van der Waals surface area contributed by atoms with Crippen molar-refractivity contribution in [3.8, 4) is 0 Å². The molecule has 4 heteroatoms. The van der Waals surface area contributed by atoms with Crippen molar-refractivity contribution in [1.82, 2.24) is 0 Å². The minimum Gasteiger partial charge on any atom is -0.374 e. The SMILES string of the molecule is CCCC[S@@](=O)C1COC2CCOC21. The Kier molecular flexibility index (Phi) is 3.57. The van der Waals surface area contributed by atoms with E-state index >= 15 is 0 Å². The van der Waals surface area contributed by atoms with E-state index in [4.69, 9.17) is 9.47 Å². The van der Waals surface area contributed by atoms with Crippen molar-refractivity contribution in [2.75, 3.05) is 19.0 Å². The zero-order valence-electron chi connectivity index (χ0n) is 8.61. The van der Waals surface area contributed by atoms with Crippen molar-refractivity contribution in [2.24, 2.45) is 0 Å². The zero-order valence-corrected chi connectivity index (χ0v) is 9.42. The van der Waals surface area contributed by atoms with E-state index in [-0.39, 0.29) is 17.5 Å². The van der Waals surface area contributed by atoms with E-state index in [1.165, 1.54) is 0 Å². The van der Waals surface area contributed by atoms with Crippen molar-refractivity contribution in [3.05, 3.63) is 0 Å². The van der Waals surface area contributed by atoms with E-state index in [9.17, 15) is 4.21 Å². The van der Waals surface area contributed by atoms with E-state index in [1.807, 2.05) is 0 Å². The summed E-state index contributed by atoms with van der Waals surface area (Å²) in [4.78, 5) is 0. The van der Waals surface area contributed by atoms with Gasteiger partial charge in [-0.3, -0.25) is 4.21 Å². The van der Waals surface area contributed by atoms with Gasteiger partial charge in [0.05, 0.1) is 18.0 Å². The van der Waals surface area contributed by atoms with Crippen LogP contribution in [0.3, 0.4) is 0 Å². The lowest BCUT2D eigenvalue weighted by molar-refractivity contribution is 0.0737. The summed E-state index contributed by atoms with van der Waals surface area (Å²) in [6.07, 6.45) is 3.47. The maximum atomic E-state index is 11.9. The van der Waals surface area contributed by atoms with Crippen LogP contribution in [0.1, 0.15) is 26.2 Å². The Labute approximate surface area is 87.6 Å². The van der Waals surface area contributed by atoms with Gasteiger partial charge < -0.3 is 9.47 Å². The van der Waals surface area contributed by atoms with Crippen LogP contribution in [0.25, 0.3) is 0 Å². The Morgan fingerprint density at radius 1 is 1.43 bits per heavy atom. The number of hydrogen-bond donors (Lipinski definition) is 0. The molecule has 14 heavy (non-hydrogen) atoms. The van der Waals surface area contributed by atoms with Crippen molar-refractivity contribution in [1.29, 1.82) is 0 Å². The molecular weight excluding hydrogens is 200 g/mol. The number of hydrogen-bond acceptors (Lipinski definition) is 3. The molecule has 2 saturated heterocycles. The normalized spacial score (nSPS) is 38.5. The molecule has 2 rings (SSSR count). The van der Waals surface area contributed by atoms with Gasteiger partial charge in [-0.25, -0.2) is 0 Å². The fraction of sp³-hybridized carbons (Fsp3) is 1.00. The highest BCUT2D eigenvalue weighted by Gasteiger charge is 2.44. The molecule has 0 aromatic heterocycles. The summed E-state index contributed by atoms with van der Waals surface area (Å²) >= 11 is 0. The van der Waals surface area contributed by atoms with Gasteiger partial charge in [0.1, 0.15) is 6.10 Å². The van der Waals surface area contributed by atoms with Gasteiger partial charge in [-0.05, 0) is 12.8 Å². The third-order valence-electron chi connectivity index (χ3n) is 2.96. The third-order valence-corrected chi connectivity index (χ3v) is 4.73. The van der Waals surface area contributed by atoms with Crippen molar-refractivity contribution >= 4 is 10.8 Å². The lowest BCUT2D eigenvalue weighted by atomic mass is 10.2. The van der Waals surface area contributed by atoms with Crippen molar-refractivity contribution in [2.45, 2.75) is 43.6 Å². The van der Waals surface area contributed by atoms with Crippen LogP contribution in [0, 0.1) is 0 Å². The molecule has 3 unspecified atom stereocenters. The number of ether oxygens (including phenoxy) is 2. The lowest BCUT2D eigenvalue weighted by Gasteiger charge is -2.14. The second-order valence-corrected chi connectivity index (χ2v) is 5.75. The molecule has 0 spiro atoms. The molecule has 4 atom stereocenters. The Morgan fingerprint density at radius 3 is 3.07 bits per heavy atom. The molecule has 0 aliphatic carbocycles. The second-order valence-electron chi connectivity index (χ2n) is 3.97. The van der Waals surface area contributed by atoms with Crippen molar-refractivity contribution in [3.63, 3.8) is 0 Å². The maximum Gasteiger partial charge on any atom is 0.100 e. The van der Waals surface area contributed by atoms with Crippen LogP contribution in [0.5, 0.6) is 0 Å². The summed E-state index contributed by atoms with van der Waals surface area (Å²) in [6.45, 7) is 3.53. The Bertz CT molecular complexity index is 219. The zero-order chi connectivity index (χ0) is 9.97. The first-order valence-corrected chi connectivity index (χ1v) is 6.81. The predicted molar refractivity (Wildman–Crippen MR) is 55.8 cm³/mol. The van der Waals surface area contributed by atoms with Crippen LogP contribution in [0.15, 0.2) is 0 Å². The summed E-state index contributed by atoms with van der Waals surface area (Å²) in [7, 11) is -0.756. The van der Waals surface area contributed by atoms with E-state index in [0.29, 0.717) is 6.61 Å². The van der Waals surface area contributed by atoms with Crippen LogP contribution in [-0.2, 0) is 20.3 Å². The molecule has 0 radical (unpaired) electrons. The molecule has 0 N–H and O–H groups in total. The highest BCUT2D eigenvalue weighted by atomic mass is 32.2. The number of rotatable bonds is 4. The molecule has 0 amide bonds. The van der Waals surface area contributed by atoms with Gasteiger partial charge in [-0.2, -0.15) is 0 Å². The van der Waals surface area contributed by atoms with Crippen LogP contribution in [-0.4, -0.2) is 40.6 Å². The minimum absolute atomic E-state index is 0.118. The van der Waals surface area contributed by atoms with Gasteiger partial charge in [0.15, 0.2) is 0 Å². The smallest absolute Gasteiger partial charge is 0.100 e. The molecule has 0 saturated carbocycles. The summed E-state index contributed by atoms with van der Waals surface area (Å²) in [5.74, 6) is 0.803. The van der Waals surface area contributed by atoms with E-state index in [1.54, 1.807) is 0 Å². The van der Waals surface area contributed by atoms with E-state index < -0.39 is 10.8 Å². The standard InChI is InChI=1S/C10H18O3S/c1-2-3-6-14(11)9-7-13-8-4-5-12-10(8)9/h8-10H,2-7H2,1H3/t8?,9?,10?,14-/m1/s1. The summed E-state index contributed by atoms with van der Waals surface area (Å²) < 4.78 is 23.0. The topological polar surface area (TPSA) is 35.5 Å². The van der Waals surface area contributed by atoms with Crippen molar-refractivity contribution < 1.29 is 13.7 Å². The molecule has 82 valence electrons. The van der Waals surface area contributed by atoms with Gasteiger partial charge in [-0.15, -0.1) is 0 Å². The molecule has 0 bridgehead atoms. The molecule has 0 aromatic carbocycles. The lowest BCUT2D eigenvalue weighted by Crippen LogP contribution is -2.32. The summed E-state index contributed by atoms with van der Waals surface area (Å²) in [6, 6.07) is 0. The summed E-state index contributed by atoms with van der Waals surface area (Å²) in [5.41, 5.74) is 0. The molecule has 3 nitrogen and oxygen atoms in total. The predicted octanol–water partition coefficient (Wildman–Crippen LogP) is 1.09. The third kappa shape index (κ3) is 2.02. The van der Waals surface area contributed by atoms with Gasteiger partial charge in [0, 0.05) is 23.2 Å². The minimum atomic E-state index is -0.756. The first-order chi connectivity index (χ1) is 6.83. The number of fused-ring (bicyclic) bond motifs is 1. The molecular formula is C10H18O3S. The number of unbranched alkanes of at least 4 members (excludes halogenated alkanes) is 1. The van der Waals surface area contributed by atoms with Crippen LogP contribution in [0.4, 0.5) is 0 Å². The highest BCUT2D eigenvalue weighted by Crippen LogP contribution is 2.29. The van der Waals surface area contributed by atoms with E-state index in [2.05, 4.69) is 6.92 Å². The first-order valence-electron chi connectivity index (χ1n) is 5.43. The van der Waals surface area contributed by atoms with E-state index in [0.717, 1.165) is 31.6 Å². The van der Waals surface area contributed by atoms with Gasteiger partial charge >= 0.3 is 0 Å². The maximum absolute atomic E-state index is 11.9. The average Bonchev–Trinajstić information content (AvgIpc) is 2.74. The highest BCUT2D eigenvalue weighted by molar-refractivity contribution is 7.85. The Morgan fingerprint density at radius 2 is 2.29 bits per heavy atom. The van der Waals surface area contributed by atoms with Crippen LogP contribution in [0.2, 0.25) is 0 Å². The largest absolute Gasteiger partial charge is 0.374 e. The average molecular weight is 218 g/mol. The molecule has 2 heterocycles. The van der Waals surface area contributed by atoms with Crippen LogP contribution < -0.4 is 0 Å². The molecule has 2 aliphatic heterocycles. The first kappa shape index (κ1) is 10.6. The fourth-order valence-electron chi connectivity index (χ4n) is 2.09. The van der Waals surface area contributed by atoms with Crippen LogP contribution >= 0.6 is 0 Å². The Balaban J connectivity index is 1.88. The molecule has 2 fully saturated rings. The molecule has 0 aromatic rings. The monoisotopic (exact) mass is 218 g/mol. The van der Waals surface area contributed by atoms with Gasteiger partial charge in [0.2, 0.25) is 0 Å². The fourth-order valence-corrected chi connectivity index (χ4v) is 3.75. The quantitative estimate of drug-likeness (QED) is 0.708. The van der Waals surface area contributed by atoms with Gasteiger partial charge in [-0.1, -0.05) is 13.3 Å². The second kappa shape index (κ2) is 4.73. The van der Waals surface area contributed by atoms with Gasteiger partial charge in [0.25, 0.3) is 0 Å². The summed E-state index contributed by atoms with van der Waals surface area (Å²) in [5, 5.41) is 0.133. The Hall–Kier alpha value is 0.0700. The molecule has 2 aliphatic rings.